The molecule has 1 aromatic carbocycles. The molecule has 18 heavy (non-hydrogen) atoms. The third-order valence-electron chi connectivity index (χ3n) is 3.58. The Hall–Kier alpha value is -0.970. The number of para-hydroxylation sites is 1. The van der Waals surface area contributed by atoms with Crippen molar-refractivity contribution in [1.29, 1.82) is 0 Å². The Kier molecular flexibility index (Phi) is 3.59. The standard InChI is InChI=1S/C14H18N2OS/c17-12-7-3-1-5-10(12)15-9-14-16-11-6-2-4-8-13(11)18-14/h2,4,6,8,10,12,15,17H,1,3,5,7,9H2. The van der Waals surface area contributed by atoms with Crippen molar-refractivity contribution in [2.45, 2.75) is 44.4 Å². The van der Waals surface area contributed by atoms with Crippen LogP contribution in [-0.2, 0) is 6.54 Å². The van der Waals surface area contributed by atoms with Crippen molar-refractivity contribution in [1.82, 2.24) is 10.3 Å². The van der Waals surface area contributed by atoms with E-state index < -0.39 is 0 Å². The summed E-state index contributed by atoms with van der Waals surface area (Å²) in [5, 5.41) is 14.5. The fourth-order valence-corrected chi connectivity index (χ4v) is 3.48. The molecule has 1 saturated carbocycles. The normalized spacial score (nSPS) is 24.5. The Morgan fingerprint density at radius 2 is 2.11 bits per heavy atom. The summed E-state index contributed by atoms with van der Waals surface area (Å²) in [5.41, 5.74) is 1.07. The fourth-order valence-electron chi connectivity index (χ4n) is 2.56. The maximum Gasteiger partial charge on any atom is 0.108 e. The smallest absolute Gasteiger partial charge is 0.108 e. The molecule has 1 fully saturated rings. The Balaban J connectivity index is 1.65. The van der Waals surface area contributed by atoms with Gasteiger partial charge in [0.25, 0.3) is 0 Å². The minimum Gasteiger partial charge on any atom is -0.392 e. The maximum absolute atomic E-state index is 9.91. The van der Waals surface area contributed by atoms with Crippen LogP contribution in [0.2, 0.25) is 0 Å². The van der Waals surface area contributed by atoms with Crippen LogP contribution in [-0.4, -0.2) is 22.2 Å². The number of benzene rings is 1. The van der Waals surface area contributed by atoms with E-state index in [9.17, 15) is 5.11 Å². The summed E-state index contributed by atoms with van der Waals surface area (Å²) in [6.07, 6.45) is 4.19. The molecular weight excluding hydrogens is 244 g/mol. The van der Waals surface area contributed by atoms with E-state index in [0.717, 1.165) is 36.3 Å². The van der Waals surface area contributed by atoms with Gasteiger partial charge in [0.2, 0.25) is 0 Å². The first-order valence-electron chi connectivity index (χ1n) is 6.59. The Morgan fingerprint density at radius 3 is 2.94 bits per heavy atom. The predicted molar refractivity (Wildman–Crippen MR) is 74.7 cm³/mol. The summed E-state index contributed by atoms with van der Waals surface area (Å²) in [4.78, 5) is 4.60. The molecule has 2 atom stereocenters. The zero-order valence-corrected chi connectivity index (χ0v) is 11.1. The van der Waals surface area contributed by atoms with Gasteiger partial charge in [-0.15, -0.1) is 11.3 Å². The van der Waals surface area contributed by atoms with Gasteiger partial charge in [0.1, 0.15) is 5.01 Å². The van der Waals surface area contributed by atoms with Gasteiger partial charge in [-0.25, -0.2) is 4.98 Å². The second-order valence-electron chi connectivity index (χ2n) is 4.91. The third kappa shape index (κ3) is 2.55. The first-order valence-corrected chi connectivity index (χ1v) is 7.40. The first-order chi connectivity index (χ1) is 8.83. The average molecular weight is 262 g/mol. The molecular formula is C14H18N2OS. The number of aromatic nitrogens is 1. The molecule has 0 spiro atoms. The van der Waals surface area contributed by atoms with Crippen LogP contribution in [0.5, 0.6) is 0 Å². The van der Waals surface area contributed by atoms with Crippen LogP contribution in [0, 0.1) is 0 Å². The Morgan fingerprint density at radius 1 is 1.28 bits per heavy atom. The lowest BCUT2D eigenvalue weighted by Gasteiger charge is -2.28. The SMILES string of the molecule is OC1CCCCC1NCc1nc2ccccc2s1. The van der Waals surface area contributed by atoms with Crippen LogP contribution in [0.15, 0.2) is 24.3 Å². The van der Waals surface area contributed by atoms with Crippen molar-refractivity contribution >= 4 is 21.6 Å². The molecule has 1 aliphatic carbocycles. The molecule has 4 heteroatoms. The number of rotatable bonds is 3. The van der Waals surface area contributed by atoms with Gasteiger partial charge in [-0.1, -0.05) is 25.0 Å². The topological polar surface area (TPSA) is 45.1 Å². The largest absolute Gasteiger partial charge is 0.392 e. The van der Waals surface area contributed by atoms with Gasteiger partial charge in [-0.05, 0) is 25.0 Å². The van der Waals surface area contributed by atoms with Gasteiger partial charge < -0.3 is 10.4 Å². The zero-order chi connectivity index (χ0) is 12.4. The summed E-state index contributed by atoms with van der Waals surface area (Å²) < 4.78 is 1.23. The number of hydrogen-bond acceptors (Lipinski definition) is 4. The van der Waals surface area contributed by atoms with E-state index in [0.29, 0.717) is 0 Å². The summed E-state index contributed by atoms with van der Waals surface area (Å²) >= 11 is 1.73. The fraction of sp³-hybridized carbons (Fsp3) is 0.500. The summed E-state index contributed by atoms with van der Waals surface area (Å²) in [7, 11) is 0. The van der Waals surface area contributed by atoms with E-state index in [-0.39, 0.29) is 12.1 Å². The van der Waals surface area contributed by atoms with Crippen molar-refractivity contribution in [2.24, 2.45) is 0 Å². The highest BCUT2D eigenvalue weighted by Crippen LogP contribution is 2.23. The van der Waals surface area contributed by atoms with Crippen LogP contribution < -0.4 is 5.32 Å². The van der Waals surface area contributed by atoms with Crippen molar-refractivity contribution in [3.8, 4) is 0 Å². The van der Waals surface area contributed by atoms with Crippen LogP contribution in [0.3, 0.4) is 0 Å². The molecule has 96 valence electrons. The number of fused-ring (bicyclic) bond motifs is 1. The molecule has 2 N–H and O–H groups in total. The van der Waals surface area contributed by atoms with Gasteiger partial charge in [-0.3, -0.25) is 0 Å². The lowest BCUT2D eigenvalue weighted by Crippen LogP contribution is -2.41. The van der Waals surface area contributed by atoms with Gasteiger partial charge in [0.05, 0.1) is 16.3 Å². The van der Waals surface area contributed by atoms with E-state index >= 15 is 0 Å². The summed E-state index contributed by atoms with van der Waals surface area (Å²) in [6, 6.07) is 8.45. The van der Waals surface area contributed by atoms with Crippen LogP contribution in [0.4, 0.5) is 0 Å². The lowest BCUT2D eigenvalue weighted by atomic mass is 9.93. The van der Waals surface area contributed by atoms with Crippen molar-refractivity contribution in [3.63, 3.8) is 0 Å². The molecule has 0 saturated heterocycles. The second kappa shape index (κ2) is 5.34. The number of nitrogens with one attached hydrogen (secondary N) is 1. The van der Waals surface area contributed by atoms with Gasteiger partial charge in [-0.2, -0.15) is 0 Å². The van der Waals surface area contributed by atoms with Gasteiger partial charge in [0.15, 0.2) is 0 Å². The van der Waals surface area contributed by atoms with E-state index in [4.69, 9.17) is 0 Å². The number of aliphatic hydroxyl groups is 1. The van der Waals surface area contributed by atoms with E-state index in [1.165, 1.54) is 11.1 Å². The molecule has 0 radical (unpaired) electrons. The number of nitrogens with zero attached hydrogens (tertiary/aromatic N) is 1. The first kappa shape index (κ1) is 12.1. The molecule has 2 aromatic rings. The number of thiazole rings is 1. The molecule has 3 nitrogen and oxygen atoms in total. The van der Waals surface area contributed by atoms with E-state index in [1.54, 1.807) is 11.3 Å². The summed E-state index contributed by atoms with van der Waals surface area (Å²) in [5.74, 6) is 0. The van der Waals surface area contributed by atoms with Gasteiger partial charge in [0, 0.05) is 12.6 Å². The average Bonchev–Trinajstić information content (AvgIpc) is 2.80. The molecule has 0 bridgehead atoms. The quantitative estimate of drug-likeness (QED) is 0.894. The zero-order valence-electron chi connectivity index (χ0n) is 10.3. The van der Waals surface area contributed by atoms with E-state index in [1.807, 2.05) is 18.2 Å². The molecule has 0 aliphatic heterocycles. The predicted octanol–water partition coefficient (Wildman–Crippen LogP) is 2.69. The third-order valence-corrected chi connectivity index (χ3v) is 4.62. The van der Waals surface area contributed by atoms with Gasteiger partial charge >= 0.3 is 0 Å². The van der Waals surface area contributed by atoms with E-state index in [2.05, 4.69) is 16.4 Å². The van der Waals surface area contributed by atoms with Crippen LogP contribution in [0.25, 0.3) is 10.2 Å². The molecule has 1 heterocycles. The van der Waals surface area contributed by atoms with Crippen molar-refractivity contribution < 1.29 is 5.11 Å². The highest BCUT2D eigenvalue weighted by Gasteiger charge is 2.22. The Labute approximate surface area is 111 Å². The minimum absolute atomic E-state index is 0.187. The highest BCUT2D eigenvalue weighted by atomic mass is 32.1. The number of aliphatic hydroxyl groups excluding tert-OH is 1. The van der Waals surface area contributed by atoms with Crippen LogP contribution in [0.1, 0.15) is 30.7 Å². The minimum atomic E-state index is -0.187. The highest BCUT2D eigenvalue weighted by molar-refractivity contribution is 7.18. The van der Waals surface area contributed by atoms with Crippen molar-refractivity contribution in [3.05, 3.63) is 29.3 Å². The summed E-state index contributed by atoms with van der Waals surface area (Å²) in [6.45, 7) is 0.765. The molecule has 0 amide bonds. The number of hydrogen-bond donors (Lipinski definition) is 2. The monoisotopic (exact) mass is 262 g/mol. The molecule has 1 aliphatic rings. The second-order valence-corrected chi connectivity index (χ2v) is 6.03. The maximum atomic E-state index is 9.91. The molecule has 2 unspecified atom stereocenters. The molecule has 3 rings (SSSR count). The Bertz CT molecular complexity index is 492. The van der Waals surface area contributed by atoms with Crippen molar-refractivity contribution in [2.75, 3.05) is 0 Å². The van der Waals surface area contributed by atoms with Crippen LogP contribution >= 0.6 is 11.3 Å². The lowest BCUT2D eigenvalue weighted by molar-refractivity contribution is 0.0902. The molecule has 1 aromatic heterocycles.